The van der Waals surface area contributed by atoms with Gasteiger partial charge in [0, 0.05) is 25.4 Å². The number of nitrogens with one attached hydrogen (secondary N) is 1. The van der Waals surface area contributed by atoms with Gasteiger partial charge in [0.05, 0.1) is 15.2 Å². The smallest absolute Gasteiger partial charge is 0.329 e. The van der Waals surface area contributed by atoms with Crippen LogP contribution in [0, 0.1) is 0 Å². The Labute approximate surface area is 160 Å². The summed E-state index contributed by atoms with van der Waals surface area (Å²) in [6, 6.07) is 7.42. The summed E-state index contributed by atoms with van der Waals surface area (Å²) < 4.78 is 6.28. The van der Waals surface area contributed by atoms with E-state index in [1.54, 1.807) is 16.2 Å². The minimum atomic E-state index is -0.623. The number of nitrogens with zero attached hydrogens (tertiary/aromatic N) is 2. The first-order chi connectivity index (χ1) is 13.1. The molecule has 142 valence electrons. The molecule has 3 heterocycles. The molecule has 1 aromatic carbocycles. The zero-order valence-corrected chi connectivity index (χ0v) is 15.7. The lowest BCUT2D eigenvalue weighted by Crippen LogP contribution is -2.42. The summed E-state index contributed by atoms with van der Waals surface area (Å²) in [5.41, 5.74) is 0.994. The molecule has 7 nitrogen and oxygen atoms in total. The van der Waals surface area contributed by atoms with Crippen LogP contribution in [0.5, 0.6) is 0 Å². The summed E-state index contributed by atoms with van der Waals surface area (Å²) in [4.78, 5) is 42.1. The first kappa shape index (κ1) is 17.9. The Kier molecular flexibility index (Phi) is 5.07. The molecule has 2 fully saturated rings. The molecule has 1 aromatic heterocycles. The molecule has 0 saturated carbocycles. The molecular weight excluding hydrogens is 366 g/mol. The molecule has 8 heteroatoms. The van der Waals surface area contributed by atoms with Crippen LogP contribution in [-0.4, -0.2) is 53.4 Å². The molecule has 2 amide bonds. The first-order valence-electron chi connectivity index (χ1n) is 9.19. The van der Waals surface area contributed by atoms with Gasteiger partial charge in [0.15, 0.2) is 6.61 Å². The minimum absolute atomic E-state index is 0.155. The second-order valence-corrected chi connectivity index (χ2v) is 8.03. The van der Waals surface area contributed by atoms with Crippen molar-refractivity contribution in [3.8, 4) is 0 Å². The van der Waals surface area contributed by atoms with Crippen molar-refractivity contribution >= 4 is 39.3 Å². The van der Waals surface area contributed by atoms with Crippen LogP contribution in [0.4, 0.5) is 0 Å². The maximum atomic E-state index is 12.5. The number of carbonyl (C=O) groups excluding carboxylic acids is 3. The highest BCUT2D eigenvalue weighted by atomic mass is 32.1. The monoisotopic (exact) mass is 387 g/mol. The largest absolute Gasteiger partial charge is 0.454 e. The van der Waals surface area contributed by atoms with E-state index in [1.807, 2.05) is 18.2 Å². The summed E-state index contributed by atoms with van der Waals surface area (Å²) in [6.07, 6.45) is 2.65. The third-order valence-electron chi connectivity index (χ3n) is 5.05. The van der Waals surface area contributed by atoms with E-state index in [9.17, 15) is 14.4 Å². The highest BCUT2D eigenvalue weighted by Crippen LogP contribution is 2.32. The van der Waals surface area contributed by atoms with Gasteiger partial charge in [-0.25, -0.2) is 9.78 Å². The molecule has 0 unspecified atom stereocenters. The number of ether oxygens (including phenoxy) is 1. The topological polar surface area (TPSA) is 88.6 Å². The first-order valence-corrected chi connectivity index (χ1v) is 10.0. The number of fused-ring (bicyclic) bond motifs is 1. The third kappa shape index (κ3) is 3.95. The predicted octanol–water partition coefficient (Wildman–Crippen LogP) is 1.82. The Morgan fingerprint density at radius 1 is 1.30 bits per heavy atom. The number of aromatic nitrogens is 1. The maximum Gasteiger partial charge on any atom is 0.329 e. The molecule has 4 rings (SSSR count). The van der Waals surface area contributed by atoms with Crippen LogP contribution in [0.1, 0.15) is 36.6 Å². The Balaban J connectivity index is 1.34. The molecule has 0 bridgehead atoms. The average Bonchev–Trinajstić information content (AvgIpc) is 3.32. The van der Waals surface area contributed by atoms with Gasteiger partial charge in [0.2, 0.25) is 5.91 Å². The number of rotatable bonds is 4. The Hall–Kier alpha value is -2.48. The number of piperidine rings is 1. The Morgan fingerprint density at radius 2 is 2.15 bits per heavy atom. The zero-order chi connectivity index (χ0) is 18.8. The minimum Gasteiger partial charge on any atom is -0.454 e. The van der Waals surface area contributed by atoms with E-state index in [0.717, 1.165) is 28.1 Å². The fourth-order valence-electron chi connectivity index (χ4n) is 3.59. The van der Waals surface area contributed by atoms with Crippen LogP contribution in [0.25, 0.3) is 10.2 Å². The molecule has 27 heavy (non-hydrogen) atoms. The van der Waals surface area contributed by atoms with Crippen LogP contribution in [0.3, 0.4) is 0 Å². The second kappa shape index (κ2) is 7.64. The zero-order valence-electron chi connectivity index (χ0n) is 14.8. The summed E-state index contributed by atoms with van der Waals surface area (Å²) in [6.45, 7) is 0.978. The lowest BCUT2D eigenvalue weighted by molar-refractivity contribution is -0.154. The van der Waals surface area contributed by atoms with Crippen molar-refractivity contribution in [3.05, 3.63) is 29.3 Å². The number of thiazole rings is 1. The van der Waals surface area contributed by atoms with E-state index < -0.39 is 12.0 Å². The van der Waals surface area contributed by atoms with Crippen molar-refractivity contribution in [2.45, 2.75) is 37.6 Å². The van der Waals surface area contributed by atoms with Crippen molar-refractivity contribution < 1.29 is 19.1 Å². The summed E-state index contributed by atoms with van der Waals surface area (Å²) in [5.74, 6) is -0.671. The van der Waals surface area contributed by atoms with Gasteiger partial charge in [-0.1, -0.05) is 12.1 Å². The van der Waals surface area contributed by atoms with E-state index in [-0.39, 0.29) is 24.3 Å². The summed E-state index contributed by atoms with van der Waals surface area (Å²) >= 11 is 1.68. The molecule has 0 aliphatic carbocycles. The van der Waals surface area contributed by atoms with E-state index in [0.29, 0.717) is 25.9 Å². The standard InChI is InChI=1S/C19H21N3O4S/c23-16-8-7-14(20-16)19(25)26-11-17(24)22-9-3-4-12(10-22)18-21-13-5-1-2-6-15(13)27-18/h1-2,5-6,12,14H,3-4,7-11H2,(H,20,23)/t12-,14-/m0/s1. The number of benzene rings is 1. The van der Waals surface area contributed by atoms with Gasteiger partial charge in [-0.3, -0.25) is 9.59 Å². The van der Waals surface area contributed by atoms with Gasteiger partial charge >= 0.3 is 5.97 Å². The average molecular weight is 387 g/mol. The molecule has 0 spiro atoms. The van der Waals surface area contributed by atoms with Crippen molar-refractivity contribution in [1.82, 2.24) is 15.2 Å². The highest BCUT2D eigenvalue weighted by molar-refractivity contribution is 7.18. The Bertz CT molecular complexity index is 848. The number of carbonyl (C=O) groups is 3. The third-order valence-corrected chi connectivity index (χ3v) is 6.25. The quantitative estimate of drug-likeness (QED) is 0.809. The molecule has 2 atom stereocenters. The van der Waals surface area contributed by atoms with Crippen molar-refractivity contribution in [1.29, 1.82) is 0 Å². The van der Waals surface area contributed by atoms with E-state index >= 15 is 0 Å². The number of para-hydroxylation sites is 1. The molecule has 2 aromatic rings. The van der Waals surface area contributed by atoms with Gasteiger partial charge in [0.25, 0.3) is 5.91 Å². The van der Waals surface area contributed by atoms with Crippen LogP contribution < -0.4 is 5.32 Å². The molecule has 0 radical (unpaired) electrons. The SMILES string of the molecule is O=C1CC[C@@H](C(=O)OCC(=O)N2CCC[C@H](c3nc4ccccc4s3)C2)N1. The lowest BCUT2D eigenvalue weighted by Gasteiger charge is -2.31. The van der Waals surface area contributed by atoms with Gasteiger partial charge < -0.3 is 15.0 Å². The second-order valence-electron chi connectivity index (χ2n) is 6.97. The molecule has 2 aliphatic heterocycles. The van der Waals surface area contributed by atoms with Crippen molar-refractivity contribution in [3.63, 3.8) is 0 Å². The van der Waals surface area contributed by atoms with E-state index in [2.05, 4.69) is 11.4 Å². The molecular formula is C19H21N3O4S. The van der Waals surface area contributed by atoms with Gasteiger partial charge in [-0.05, 0) is 31.4 Å². The van der Waals surface area contributed by atoms with Gasteiger partial charge in [-0.2, -0.15) is 0 Å². The predicted molar refractivity (Wildman–Crippen MR) is 100 cm³/mol. The van der Waals surface area contributed by atoms with Crippen LogP contribution in [0.15, 0.2) is 24.3 Å². The van der Waals surface area contributed by atoms with Gasteiger partial charge in [-0.15, -0.1) is 11.3 Å². The summed E-state index contributed by atoms with van der Waals surface area (Å²) in [7, 11) is 0. The normalized spacial score (nSPS) is 22.7. The molecule has 2 aliphatic rings. The fourth-order valence-corrected chi connectivity index (χ4v) is 4.68. The van der Waals surface area contributed by atoms with Crippen LogP contribution in [-0.2, 0) is 19.1 Å². The number of likely N-dealkylation sites (tertiary alicyclic amines) is 1. The van der Waals surface area contributed by atoms with Crippen LogP contribution in [0.2, 0.25) is 0 Å². The molecule has 2 saturated heterocycles. The van der Waals surface area contributed by atoms with Crippen LogP contribution >= 0.6 is 11.3 Å². The highest BCUT2D eigenvalue weighted by Gasteiger charge is 2.31. The van der Waals surface area contributed by atoms with Crippen molar-refractivity contribution in [2.75, 3.05) is 19.7 Å². The lowest BCUT2D eigenvalue weighted by atomic mass is 9.99. The number of amides is 2. The maximum absolute atomic E-state index is 12.5. The summed E-state index contributed by atoms with van der Waals surface area (Å²) in [5, 5.41) is 3.61. The number of hydrogen-bond acceptors (Lipinski definition) is 6. The number of esters is 1. The molecule has 1 N–H and O–H groups in total. The Morgan fingerprint density at radius 3 is 2.93 bits per heavy atom. The number of hydrogen-bond donors (Lipinski definition) is 1. The fraction of sp³-hybridized carbons (Fsp3) is 0.474. The van der Waals surface area contributed by atoms with Crippen molar-refractivity contribution in [2.24, 2.45) is 0 Å². The van der Waals surface area contributed by atoms with E-state index in [1.165, 1.54) is 0 Å². The van der Waals surface area contributed by atoms with E-state index in [4.69, 9.17) is 9.72 Å². The van der Waals surface area contributed by atoms with Gasteiger partial charge in [0.1, 0.15) is 6.04 Å².